The van der Waals surface area contributed by atoms with E-state index in [1.165, 1.54) is 12.1 Å². The van der Waals surface area contributed by atoms with Crippen molar-refractivity contribution >= 4 is 39.1 Å². The van der Waals surface area contributed by atoms with E-state index in [0.717, 1.165) is 16.1 Å². The zero-order chi connectivity index (χ0) is 17.1. The van der Waals surface area contributed by atoms with Crippen LogP contribution >= 0.6 is 27.5 Å². The first-order chi connectivity index (χ1) is 11.5. The standard InChI is InChI=1S/C16H10BrClFN3O2/c17-10-3-1-2-9(6-10)7-14-21-22-16(24-14)15(23)20-13-5-4-11(19)8-12(13)18/h1-6,8H,7H2,(H,20,23). The Balaban J connectivity index is 1.71. The largest absolute Gasteiger partial charge is 0.417 e. The third-order valence-electron chi connectivity index (χ3n) is 3.08. The van der Waals surface area contributed by atoms with Crippen LogP contribution in [0.25, 0.3) is 0 Å². The maximum absolute atomic E-state index is 13.0. The van der Waals surface area contributed by atoms with Gasteiger partial charge in [-0.15, -0.1) is 10.2 Å². The molecule has 1 aromatic heterocycles. The van der Waals surface area contributed by atoms with E-state index >= 15 is 0 Å². The first-order valence-corrected chi connectivity index (χ1v) is 8.01. The van der Waals surface area contributed by atoms with Gasteiger partial charge in [-0.05, 0) is 35.9 Å². The topological polar surface area (TPSA) is 68.0 Å². The van der Waals surface area contributed by atoms with Crippen LogP contribution in [0.15, 0.2) is 51.4 Å². The molecule has 0 spiro atoms. The summed E-state index contributed by atoms with van der Waals surface area (Å²) in [6, 6.07) is 11.3. The smallest absolute Gasteiger partial charge is 0.313 e. The first-order valence-electron chi connectivity index (χ1n) is 6.84. The number of amides is 1. The van der Waals surface area contributed by atoms with Gasteiger partial charge in [0.15, 0.2) is 0 Å². The number of benzene rings is 2. The van der Waals surface area contributed by atoms with E-state index in [-0.39, 0.29) is 16.6 Å². The number of nitrogens with zero attached hydrogens (tertiary/aromatic N) is 2. The van der Waals surface area contributed by atoms with E-state index in [2.05, 4.69) is 31.4 Å². The normalized spacial score (nSPS) is 10.6. The Labute approximate surface area is 150 Å². The molecule has 0 fully saturated rings. The summed E-state index contributed by atoms with van der Waals surface area (Å²) in [6.45, 7) is 0. The fourth-order valence-electron chi connectivity index (χ4n) is 2.00. The molecule has 0 radical (unpaired) electrons. The average Bonchev–Trinajstić information content (AvgIpc) is 2.98. The van der Waals surface area contributed by atoms with Crippen molar-refractivity contribution in [2.75, 3.05) is 5.32 Å². The quantitative estimate of drug-likeness (QED) is 0.689. The molecule has 0 aliphatic carbocycles. The van der Waals surface area contributed by atoms with Crippen molar-refractivity contribution in [3.05, 3.63) is 75.1 Å². The van der Waals surface area contributed by atoms with E-state index in [1.807, 2.05) is 24.3 Å². The molecule has 0 atom stereocenters. The minimum absolute atomic E-state index is 0.0808. The molecule has 1 heterocycles. The lowest BCUT2D eigenvalue weighted by Crippen LogP contribution is -2.12. The van der Waals surface area contributed by atoms with E-state index < -0.39 is 11.7 Å². The van der Waals surface area contributed by atoms with Gasteiger partial charge in [0, 0.05) is 4.47 Å². The lowest BCUT2D eigenvalue weighted by atomic mass is 10.1. The second kappa shape index (κ2) is 7.11. The molecule has 0 saturated carbocycles. The molecule has 0 saturated heterocycles. The van der Waals surface area contributed by atoms with Gasteiger partial charge in [-0.3, -0.25) is 4.79 Å². The van der Waals surface area contributed by atoms with Crippen LogP contribution in [0, 0.1) is 5.82 Å². The third-order valence-corrected chi connectivity index (χ3v) is 3.89. The molecule has 5 nitrogen and oxygen atoms in total. The maximum Gasteiger partial charge on any atom is 0.313 e. The molecular weight excluding hydrogens is 401 g/mol. The summed E-state index contributed by atoms with van der Waals surface area (Å²) in [4.78, 5) is 12.1. The zero-order valence-corrected chi connectivity index (χ0v) is 14.4. The van der Waals surface area contributed by atoms with Crippen LogP contribution in [0.2, 0.25) is 5.02 Å². The lowest BCUT2D eigenvalue weighted by molar-refractivity contribution is 0.0988. The Morgan fingerprint density at radius 3 is 2.83 bits per heavy atom. The number of aromatic nitrogens is 2. The van der Waals surface area contributed by atoms with Crippen LogP contribution in [0.4, 0.5) is 10.1 Å². The summed E-state index contributed by atoms with van der Waals surface area (Å²) in [7, 11) is 0. The minimum atomic E-state index is -0.614. The molecule has 122 valence electrons. The van der Waals surface area contributed by atoms with Gasteiger partial charge >= 0.3 is 11.8 Å². The Kier molecular flexibility index (Phi) is 4.92. The minimum Gasteiger partial charge on any atom is -0.417 e. The van der Waals surface area contributed by atoms with Gasteiger partial charge in [0.05, 0.1) is 17.1 Å². The van der Waals surface area contributed by atoms with E-state index in [4.69, 9.17) is 16.0 Å². The fraction of sp³-hybridized carbons (Fsp3) is 0.0625. The van der Waals surface area contributed by atoms with Gasteiger partial charge < -0.3 is 9.73 Å². The SMILES string of the molecule is O=C(Nc1ccc(F)cc1Cl)c1nnc(Cc2cccc(Br)c2)o1. The monoisotopic (exact) mass is 409 g/mol. The number of anilines is 1. The third kappa shape index (κ3) is 3.98. The van der Waals surface area contributed by atoms with Gasteiger partial charge in [-0.25, -0.2) is 4.39 Å². The second-order valence-electron chi connectivity index (χ2n) is 4.89. The van der Waals surface area contributed by atoms with Crippen LogP contribution in [0.1, 0.15) is 22.1 Å². The van der Waals surface area contributed by atoms with Gasteiger partial charge in [-0.1, -0.05) is 39.7 Å². The highest BCUT2D eigenvalue weighted by Crippen LogP contribution is 2.23. The highest BCUT2D eigenvalue weighted by atomic mass is 79.9. The van der Waals surface area contributed by atoms with E-state index in [9.17, 15) is 9.18 Å². The predicted octanol–water partition coefficient (Wildman–Crippen LogP) is 4.47. The summed E-state index contributed by atoms with van der Waals surface area (Å²) in [6.07, 6.45) is 0.400. The predicted molar refractivity (Wildman–Crippen MR) is 90.6 cm³/mol. The summed E-state index contributed by atoms with van der Waals surface area (Å²) in [5, 5.41) is 10.2. The van der Waals surface area contributed by atoms with Crippen LogP contribution < -0.4 is 5.32 Å². The molecule has 2 aromatic carbocycles. The van der Waals surface area contributed by atoms with Gasteiger partial charge in [0.25, 0.3) is 0 Å². The molecule has 1 N–H and O–H groups in total. The molecule has 0 aliphatic rings. The molecular formula is C16H10BrClFN3O2. The lowest BCUT2D eigenvalue weighted by Gasteiger charge is -2.04. The molecule has 24 heavy (non-hydrogen) atoms. The molecule has 0 unspecified atom stereocenters. The fourth-order valence-corrected chi connectivity index (χ4v) is 2.67. The van der Waals surface area contributed by atoms with Gasteiger partial charge in [-0.2, -0.15) is 0 Å². The number of hydrogen-bond acceptors (Lipinski definition) is 4. The molecule has 0 bridgehead atoms. The van der Waals surface area contributed by atoms with Gasteiger partial charge in [0.2, 0.25) is 5.89 Å². The van der Waals surface area contributed by atoms with Crippen molar-refractivity contribution < 1.29 is 13.6 Å². The van der Waals surface area contributed by atoms with E-state index in [1.54, 1.807) is 0 Å². The van der Waals surface area contributed by atoms with Crippen molar-refractivity contribution in [2.24, 2.45) is 0 Å². The van der Waals surface area contributed by atoms with Gasteiger partial charge in [0.1, 0.15) is 5.82 Å². The van der Waals surface area contributed by atoms with Crippen molar-refractivity contribution in [2.45, 2.75) is 6.42 Å². The van der Waals surface area contributed by atoms with Crippen molar-refractivity contribution in [1.82, 2.24) is 10.2 Å². The number of carbonyl (C=O) groups is 1. The number of hydrogen-bond donors (Lipinski definition) is 1. The number of carbonyl (C=O) groups excluding carboxylic acids is 1. The molecule has 1 amide bonds. The Hall–Kier alpha value is -2.25. The molecule has 3 rings (SSSR count). The number of rotatable bonds is 4. The molecule has 0 aliphatic heterocycles. The Morgan fingerprint density at radius 1 is 1.25 bits per heavy atom. The Morgan fingerprint density at radius 2 is 2.08 bits per heavy atom. The number of halogens is 3. The first kappa shape index (κ1) is 16.6. The van der Waals surface area contributed by atoms with Crippen molar-refractivity contribution in [3.8, 4) is 0 Å². The highest BCUT2D eigenvalue weighted by Gasteiger charge is 2.16. The summed E-state index contributed by atoms with van der Waals surface area (Å²) < 4.78 is 19.3. The van der Waals surface area contributed by atoms with Crippen LogP contribution in [-0.4, -0.2) is 16.1 Å². The summed E-state index contributed by atoms with van der Waals surface area (Å²) in [5.74, 6) is -0.993. The molecule has 8 heteroatoms. The second-order valence-corrected chi connectivity index (χ2v) is 6.21. The van der Waals surface area contributed by atoms with Crippen molar-refractivity contribution in [3.63, 3.8) is 0 Å². The highest BCUT2D eigenvalue weighted by molar-refractivity contribution is 9.10. The Bertz CT molecular complexity index is 901. The summed E-state index contributed by atoms with van der Waals surface area (Å²) in [5.41, 5.74) is 1.22. The van der Waals surface area contributed by atoms with Crippen LogP contribution in [-0.2, 0) is 6.42 Å². The maximum atomic E-state index is 13.0. The van der Waals surface area contributed by atoms with Crippen LogP contribution in [0.5, 0.6) is 0 Å². The zero-order valence-electron chi connectivity index (χ0n) is 12.1. The van der Waals surface area contributed by atoms with Crippen molar-refractivity contribution in [1.29, 1.82) is 0 Å². The van der Waals surface area contributed by atoms with Crippen LogP contribution in [0.3, 0.4) is 0 Å². The van der Waals surface area contributed by atoms with E-state index in [0.29, 0.717) is 12.3 Å². The summed E-state index contributed by atoms with van der Waals surface area (Å²) >= 11 is 9.25. The molecule has 3 aromatic rings. The number of nitrogens with one attached hydrogen (secondary N) is 1. The average molecular weight is 411 g/mol.